The van der Waals surface area contributed by atoms with Crippen LogP contribution in [0.15, 0.2) is 24.5 Å². The van der Waals surface area contributed by atoms with E-state index < -0.39 is 37.3 Å². The zero-order valence-corrected chi connectivity index (χ0v) is 13.6. The third kappa shape index (κ3) is 2.41. The van der Waals surface area contributed by atoms with Crippen LogP contribution in [0.4, 0.5) is 5.69 Å². The first-order valence-corrected chi connectivity index (χ1v) is 9.61. The number of fused-ring (bicyclic) bond motifs is 2. The summed E-state index contributed by atoms with van der Waals surface area (Å²) in [7, 11) is -1.79. The minimum atomic E-state index is -3.26. The molecule has 1 unspecified atom stereocenters. The molecule has 0 amide bonds. The van der Waals surface area contributed by atoms with E-state index in [2.05, 4.69) is 4.98 Å². The van der Waals surface area contributed by atoms with E-state index in [0.717, 1.165) is 0 Å². The Morgan fingerprint density at radius 1 is 1.50 bits per heavy atom. The first-order chi connectivity index (χ1) is 11.4. The fraction of sp³-hybridized carbons (Fsp3) is 0.417. The van der Waals surface area contributed by atoms with Crippen LogP contribution in [0.2, 0.25) is 0 Å². The van der Waals surface area contributed by atoms with Gasteiger partial charge in [-0.15, -0.1) is 0 Å². The molecule has 4 atom stereocenters. The second-order valence-corrected chi connectivity index (χ2v) is 8.22. The van der Waals surface area contributed by atoms with Crippen molar-refractivity contribution < 1.29 is 28.7 Å². The van der Waals surface area contributed by atoms with Crippen LogP contribution in [0, 0.1) is 10.1 Å². The topological polar surface area (TPSA) is 129 Å². The SMILES string of the molecule is B[PH]1(O)OC[C@H]2O[C@@H](n3cnc4c([N+](=O)[O-])cccc43)C(O)[C@H]2O1. The number of aromatic nitrogens is 2. The summed E-state index contributed by atoms with van der Waals surface area (Å²) in [4.78, 5) is 24.6. The number of ether oxygens (including phenoxy) is 1. The molecule has 2 aliphatic rings. The van der Waals surface area contributed by atoms with E-state index in [0.29, 0.717) is 5.52 Å². The third-order valence-electron chi connectivity index (χ3n) is 4.23. The van der Waals surface area contributed by atoms with Crippen molar-refractivity contribution in [2.75, 3.05) is 6.61 Å². The number of nitro benzene ring substituents is 1. The summed E-state index contributed by atoms with van der Waals surface area (Å²) in [5, 5.41) is 21.7. The van der Waals surface area contributed by atoms with Gasteiger partial charge in [-0.05, 0) is 0 Å². The van der Waals surface area contributed by atoms with Gasteiger partial charge in [0, 0.05) is 0 Å². The molecule has 4 rings (SSSR count). The molecular formula is C12H15BN3O7P. The molecule has 10 nitrogen and oxygen atoms in total. The summed E-state index contributed by atoms with van der Waals surface area (Å²) >= 11 is 0. The Hall–Kier alpha value is -1.62. The van der Waals surface area contributed by atoms with Gasteiger partial charge in [0.2, 0.25) is 0 Å². The van der Waals surface area contributed by atoms with Crippen LogP contribution in [-0.4, -0.2) is 57.0 Å². The number of hydrogen-bond acceptors (Lipinski definition) is 8. The van der Waals surface area contributed by atoms with Crippen LogP contribution in [0.5, 0.6) is 0 Å². The molecule has 0 spiro atoms. The average molecular weight is 355 g/mol. The standard InChI is InChI=1S/C12H15BN3O7P/c13-24(20)21-4-8-11(23-24)10(17)12(22-8)15-5-14-9-6(15)2-1-3-7(9)16(18)19/h1-3,5,8,10-12,17,20,24H,4,13H2/t8-,10?,11+,12-/m1/s1. The Morgan fingerprint density at radius 3 is 3.04 bits per heavy atom. The van der Waals surface area contributed by atoms with Gasteiger partial charge in [0.05, 0.1) is 0 Å². The number of benzene rings is 1. The van der Waals surface area contributed by atoms with E-state index in [1.54, 1.807) is 12.1 Å². The van der Waals surface area contributed by atoms with Gasteiger partial charge in [-0.2, -0.15) is 0 Å². The van der Waals surface area contributed by atoms with Crippen LogP contribution >= 0.6 is 7.82 Å². The summed E-state index contributed by atoms with van der Waals surface area (Å²) in [6.45, 7) is 0.115. The number of aliphatic hydroxyl groups is 1. The van der Waals surface area contributed by atoms with E-state index in [1.165, 1.54) is 24.5 Å². The van der Waals surface area contributed by atoms with Crippen molar-refractivity contribution >= 4 is 32.1 Å². The molecule has 1 aromatic carbocycles. The molecule has 12 heteroatoms. The predicted molar refractivity (Wildman–Crippen MR) is 86.2 cm³/mol. The van der Waals surface area contributed by atoms with Gasteiger partial charge in [-0.3, -0.25) is 0 Å². The molecule has 24 heavy (non-hydrogen) atoms. The molecule has 0 saturated carbocycles. The van der Waals surface area contributed by atoms with E-state index in [-0.39, 0.29) is 17.8 Å². The summed E-state index contributed by atoms with van der Waals surface area (Å²) in [5.74, 6) is 0. The molecule has 3 heterocycles. The Labute approximate surface area is 137 Å². The molecule has 0 bridgehead atoms. The monoisotopic (exact) mass is 355 g/mol. The number of nitro groups is 1. The molecular weight excluding hydrogens is 340 g/mol. The zero-order valence-electron chi connectivity index (χ0n) is 12.6. The first kappa shape index (κ1) is 15.9. The van der Waals surface area contributed by atoms with Crippen LogP contribution < -0.4 is 0 Å². The Balaban J connectivity index is 1.71. The normalized spacial score (nSPS) is 33.2. The van der Waals surface area contributed by atoms with Gasteiger partial charge in [0.1, 0.15) is 0 Å². The quantitative estimate of drug-likeness (QED) is 0.324. The van der Waals surface area contributed by atoms with Gasteiger partial charge in [0.15, 0.2) is 0 Å². The number of rotatable bonds is 2. The van der Waals surface area contributed by atoms with Crippen molar-refractivity contribution in [2.45, 2.75) is 24.5 Å². The van der Waals surface area contributed by atoms with Gasteiger partial charge in [-0.1, -0.05) is 0 Å². The van der Waals surface area contributed by atoms with Gasteiger partial charge in [-0.25, -0.2) is 0 Å². The zero-order chi connectivity index (χ0) is 17.1. The molecule has 128 valence electrons. The minimum absolute atomic E-state index is 0.115. The number of para-hydroxylation sites is 1. The van der Waals surface area contributed by atoms with Crippen LogP contribution in [-0.2, 0) is 13.8 Å². The number of hydrogen-bond donors (Lipinski definition) is 2. The van der Waals surface area contributed by atoms with Crippen LogP contribution in [0.3, 0.4) is 0 Å². The molecule has 0 radical (unpaired) electrons. The van der Waals surface area contributed by atoms with Crippen LogP contribution in [0.1, 0.15) is 6.23 Å². The summed E-state index contributed by atoms with van der Waals surface area (Å²) in [5.41, 5.74) is 0.564. The first-order valence-electron chi connectivity index (χ1n) is 7.35. The van der Waals surface area contributed by atoms with Gasteiger partial charge >= 0.3 is 136 Å². The Bertz CT molecular complexity index is 815. The molecule has 2 aliphatic heterocycles. The number of aliphatic hydroxyl groups excluding tert-OH is 1. The fourth-order valence-electron chi connectivity index (χ4n) is 3.14. The van der Waals surface area contributed by atoms with E-state index in [9.17, 15) is 20.1 Å². The summed E-state index contributed by atoms with van der Waals surface area (Å²) in [6.07, 6.45) is -1.76. The van der Waals surface area contributed by atoms with Crippen molar-refractivity contribution in [3.05, 3.63) is 34.6 Å². The van der Waals surface area contributed by atoms with Crippen LogP contribution in [0.25, 0.3) is 11.0 Å². The number of nitrogens with zero attached hydrogens (tertiary/aromatic N) is 3. The van der Waals surface area contributed by atoms with Crippen molar-refractivity contribution in [3.8, 4) is 0 Å². The maximum absolute atomic E-state index is 11.1. The molecule has 2 saturated heterocycles. The number of non-ortho nitro benzene ring substituents is 1. The predicted octanol–water partition coefficient (Wildman–Crippen LogP) is -0.347. The van der Waals surface area contributed by atoms with Gasteiger partial charge in [0.25, 0.3) is 0 Å². The Morgan fingerprint density at radius 2 is 2.29 bits per heavy atom. The Kier molecular flexibility index (Phi) is 3.61. The molecule has 0 aliphatic carbocycles. The maximum atomic E-state index is 11.1. The summed E-state index contributed by atoms with van der Waals surface area (Å²) in [6, 6.07) is 4.57. The van der Waals surface area contributed by atoms with Crippen molar-refractivity contribution in [3.63, 3.8) is 0 Å². The van der Waals surface area contributed by atoms with E-state index in [4.69, 9.17) is 13.8 Å². The van der Waals surface area contributed by atoms with Crippen molar-refractivity contribution in [1.29, 1.82) is 0 Å². The van der Waals surface area contributed by atoms with E-state index in [1.807, 2.05) is 0 Å². The molecule has 2 aromatic rings. The van der Waals surface area contributed by atoms with Crippen molar-refractivity contribution in [2.24, 2.45) is 0 Å². The molecule has 1 aromatic heterocycles. The summed E-state index contributed by atoms with van der Waals surface area (Å²) < 4.78 is 18.0. The second kappa shape index (κ2) is 5.45. The fourth-order valence-corrected chi connectivity index (χ4v) is 4.48. The van der Waals surface area contributed by atoms with Gasteiger partial charge < -0.3 is 0 Å². The average Bonchev–Trinajstić information content (AvgIpc) is 3.08. The molecule has 2 fully saturated rings. The molecule has 2 N–H and O–H groups in total. The number of imidazole rings is 1. The van der Waals surface area contributed by atoms with Crippen molar-refractivity contribution in [1.82, 2.24) is 9.55 Å². The second-order valence-electron chi connectivity index (χ2n) is 5.90. The third-order valence-corrected chi connectivity index (χ3v) is 5.65. The van der Waals surface area contributed by atoms with E-state index >= 15 is 0 Å².